The molecule has 1 aromatic rings. The van der Waals surface area contributed by atoms with E-state index in [1.165, 1.54) is 43.4 Å². The molecule has 1 heterocycles. The SMILES string of the molecule is Cc1ccc(C)c(CCC2CCC(C)NC2)c1. The van der Waals surface area contributed by atoms with E-state index < -0.39 is 0 Å². The zero-order valence-electron chi connectivity index (χ0n) is 11.4. The van der Waals surface area contributed by atoms with Gasteiger partial charge in [-0.05, 0) is 70.0 Å². The van der Waals surface area contributed by atoms with Gasteiger partial charge in [0.1, 0.15) is 0 Å². The number of benzene rings is 1. The molecule has 2 unspecified atom stereocenters. The number of hydrogen-bond acceptors (Lipinski definition) is 1. The summed E-state index contributed by atoms with van der Waals surface area (Å²) >= 11 is 0. The van der Waals surface area contributed by atoms with Crippen LogP contribution >= 0.6 is 0 Å². The van der Waals surface area contributed by atoms with E-state index in [4.69, 9.17) is 0 Å². The molecule has 0 bridgehead atoms. The number of hydrogen-bond donors (Lipinski definition) is 1. The van der Waals surface area contributed by atoms with Gasteiger partial charge >= 0.3 is 0 Å². The smallest absolute Gasteiger partial charge is 0.00389 e. The van der Waals surface area contributed by atoms with Gasteiger partial charge in [0.05, 0.1) is 0 Å². The van der Waals surface area contributed by atoms with E-state index in [1.54, 1.807) is 5.56 Å². The summed E-state index contributed by atoms with van der Waals surface area (Å²) in [5.41, 5.74) is 4.39. The van der Waals surface area contributed by atoms with Crippen molar-refractivity contribution in [2.75, 3.05) is 6.54 Å². The molecule has 1 saturated heterocycles. The maximum atomic E-state index is 3.59. The topological polar surface area (TPSA) is 12.0 Å². The van der Waals surface area contributed by atoms with Crippen LogP contribution in [0.5, 0.6) is 0 Å². The van der Waals surface area contributed by atoms with Crippen molar-refractivity contribution in [2.45, 2.75) is 52.5 Å². The lowest BCUT2D eigenvalue weighted by Crippen LogP contribution is -2.36. The highest BCUT2D eigenvalue weighted by atomic mass is 14.9. The van der Waals surface area contributed by atoms with Crippen molar-refractivity contribution in [1.82, 2.24) is 5.32 Å². The fourth-order valence-electron chi connectivity index (χ4n) is 2.73. The van der Waals surface area contributed by atoms with Crippen LogP contribution in [0.1, 0.15) is 42.9 Å². The summed E-state index contributed by atoms with van der Waals surface area (Å²) < 4.78 is 0. The Morgan fingerprint density at radius 1 is 1.24 bits per heavy atom. The predicted octanol–water partition coefficient (Wildman–Crippen LogP) is 3.62. The fourth-order valence-corrected chi connectivity index (χ4v) is 2.73. The van der Waals surface area contributed by atoms with Crippen LogP contribution in [0, 0.1) is 19.8 Å². The third kappa shape index (κ3) is 3.57. The number of rotatable bonds is 3. The van der Waals surface area contributed by atoms with Gasteiger partial charge in [-0.2, -0.15) is 0 Å². The van der Waals surface area contributed by atoms with Gasteiger partial charge in [-0.25, -0.2) is 0 Å². The second kappa shape index (κ2) is 5.68. The van der Waals surface area contributed by atoms with Crippen LogP contribution in [-0.4, -0.2) is 12.6 Å². The third-order valence-corrected chi connectivity index (χ3v) is 4.09. The van der Waals surface area contributed by atoms with E-state index in [-0.39, 0.29) is 0 Å². The zero-order chi connectivity index (χ0) is 12.3. The molecular formula is C16H25N. The average molecular weight is 231 g/mol. The zero-order valence-corrected chi connectivity index (χ0v) is 11.4. The Labute approximate surface area is 106 Å². The van der Waals surface area contributed by atoms with Gasteiger partial charge in [0.15, 0.2) is 0 Å². The molecule has 1 nitrogen and oxygen atoms in total. The maximum absolute atomic E-state index is 3.59. The molecular weight excluding hydrogens is 206 g/mol. The summed E-state index contributed by atoms with van der Waals surface area (Å²) in [5.74, 6) is 0.881. The van der Waals surface area contributed by atoms with Crippen molar-refractivity contribution in [3.05, 3.63) is 34.9 Å². The molecule has 0 aromatic heterocycles. The fraction of sp³-hybridized carbons (Fsp3) is 0.625. The van der Waals surface area contributed by atoms with Crippen LogP contribution in [-0.2, 0) is 6.42 Å². The Bertz CT molecular complexity index is 362. The minimum atomic E-state index is 0.729. The van der Waals surface area contributed by atoms with Crippen molar-refractivity contribution in [3.63, 3.8) is 0 Å². The second-order valence-electron chi connectivity index (χ2n) is 5.72. The highest BCUT2D eigenvalue weighted by molar-refractivity contribution is 5.30. The van der Waals surface area contributed by atoms with Gasteiger partial charge in [-0.3, -0.25) is 0 Å². The van der Waals surface area contributed by atoms with Crippen LogP contribution in [0.15, 0.2) is 18.2 Å². The van der Waals surface area contributed by atoms with Gasteiger partial charge in [0.2, 0.25) is 0 Å². The lowest BCUT2D eigenvalue weighted by molar-refractivity contribution is 0.309. The first kappa shape index (κ1) is 12.6. The third-order valence-electron chi connectivity index (χ3n) is 4.09. The van der Waals surface area contributed by atoms with Crippen LogP contribution in [0.4, 0.5) is 0 Å². The summed E-state index contributed by atoms with van der Waals surface area (Å²) in [4.78, 5) is 0. The quantitative estimate of drug-likeness (QED) is 0.837. The number of aryl methyl sites for hydroxylation is 3. The monoisotopic (exact) mass is 231 g/mol. The lowest BCUT2D eigenvalue weighted by Gasteiger charge is -2.27. The molecule has 1 heteroatoms. The van der Waals surface area contributed by atoms with E-state index in [0.29, 0.717) is 0 Å². The molecule has 0 spiro atoms. The molecule has 2 rings (SSSR count). The molecule has 2 atom stereocenters. The molecule has 1 aliphatic rings. The second-order valence-corrected chi connectivity index (χ2v) is 5.72. The summed E-state index contributed by atoms with van der Waals surface area (Å²) in [7, 11) is 0. The van der Waals surface area contributed by atoms with Crippen LogP contribution in [0.25, 0.3) is 0 Å². The van der Waals surface area contributed by atoms with E-state index in [0.717, 1.165) is 12.0 Å². The largest absolute Gasteiger partial charge is 0.314 e. The summed E-state index contributed by atoms with van der Waals surface area (Å²) in [6.45, 7) is 7.93. The van der Waals surface area contributed by atoms with E-state index >= 15 is 0 Å². The van der Waals surface area contributed by atoms with Crippen LogP contribution < -0.4 is 5.32 Å². The van der Waals surface area contributed by atoms with Crippen molar-refractivity contribution < 1.29 is 0 Å². The van der Waals surface area contributed by atoms with Gasteiger partial charge in [0.25, 0.3) is 0 Å². The molecule has 1 N–H and O–H groups in total. The predicted molar refractivity (Wildman–Crippen MR) is 74.4 cm³/mol. The van der Waals surface area contributed by atoms with Crippen LogP contribution in [0.2, 0.25) is 0 Å². The molecule has 0 saturated carbocycles. The number of nitrogens with one attached hydrogen (secondary N) is 1. The Kier molecular flexibility index (Phi) is 4.22. The van der Waals surface area contributed by atoms with E-state index in [2.05, 4.69) is 44.3 Å². The molecule has 0 aliphatic carbocycles. The van der Waals surface area contributed by atoms with E-state index in [1.807, 2.05) is 0 Å². The molecule has 17 heavy (non-hydrogen) atoms. The first-order chi connectivity index (χ1) is 8.15. The van der Waals surface area contributed by atoms with Gasteiger partial charge < -0.3 is 5.32 Å². The van der Waals surface area contributed by atoms with Crippen molar-refractivity contribution >= 4 is 0 Å². The Balaban J connectivity index is 1.87. The Morgan fingerprint density at radius 2 is 2.06 bits per heavy atom. The first-order valence-corrected chi connectivity index (χ1v) is 6.94. The van der Waals surface area contributed by atoms with Crippen LogP contribution in [0.3, 0.4) is 0 Å². The van der Waals surface area contributed by atoms with Gasteiger partial charge in [-0.1, -0.05) is 23.8 Å². The lowest BCUT2D eigenvalue weighted by atomic mass is 9.89. The van der Waals surface area contributed by atoms with Gasteiger partial charge in [-0.15, -0.1) is 0 Å². The minimum absolute atomic E-state index is 0.729. The highest BCUT2D eigenvalue weighted by Gasteiger charge is 2.17. The number of piperidine rings is 1. The van der Waals surface area contributed by atoms with Crippen molar-refractivity contribution in [3.8, 4) is 0 Å². The van der Waals surface area contributed by atoms with Crippen molar-refractivity contribution in [2.24, 2.45) is 5.92 Å². The molecule has 94 valence electrons. The first-order valence-electron chi connectivity index (χ1n) is 6.94. The maximum Gasteiger partial charge on any atom is 0.00389 e. The molecule has 0 radical (unpaired) electrons. The summed E-state index contributed by atoms with van der Waals surface area (Å²) in [6, 6.07) is 7.55. The minimum Gasteiger partial charge on any atom is -0.314 e. The Morgan fingerprint density at radius 3 is 2.76 bits per heavy atom. The van der Waals surface area contributed by atoms with E-state index in [9.17, 15) is 0 Å². The Hall–Kier alpha value is -0.820. The molecule has 1 fully saturated rings. The highest BCUT2D eigenvalue weighted by Crippen LogP contribution is 2.21. The van der Waals surface area contributed by atoms with Gasteiger partial charge in [0, 0.05) is 6.04 Å². The van der Waals surface area contributed by atoms with Crippen molar-refractivity contribution in [1.29, 1.82) is 0 Å². The molecule has 1 aliphatic heterocycles. The average Bonchev–Trinajstić information content (AvgIpc) is 2.32. The summed E-state index contributed by atoms with van der Waals surface area (Å²) in [6.07, 6.45) is 5.33. The summed E-state index contributed by atoms with van der Waals surface area (Å²) in [5, 5.41) is 3.59. The standard InChI is InChI=1S/C16H25N/c1-12-4-5-13(2)16(10-12)9-8-15-7-6-14(3)17-11-15/h4-5,10,14-15,17H,6-9,11H2,1-3H3. The normalized spacial score (nSPS) is 24.9. The molecule has 1 aromatic carbocycles. The molecule has 0 amide bonds.